The summed E-state index contributed by atoms with van der Waals surface area (Å²) in [6.07, 6.45) is 1.56. The van der Waals surface area contributed by atoms with Crippen molar-refractivity contribution in [3.05, 3.63) is 71.5 Å². The number of piperidine rings is 1. The number of Topliss-reactive ketones (excluding diaryl/α,β-unsaturated/α-hetero) is 1. The molecule has 0 saturated carbocycles. The Morgan fingerprint density at radius 3 is 2.30 bits per heavy atom. The average molecular weight is 368 g/mol. The van der Waals surface area contributed by atoms with E-state index in [4.69, 9.17) is 0 Å². The maximum Gasteiger partial charge on any atom is 0.236 e. The Balaban J connectivity index is 1.46. The molecule has 1 saturated heterocycles. The van der Waals surface area contributed by atoms with Crippen molar-refractivity contribution < 1.29 is 14.0 Å². The Morgan fingerprint density at radius 2 is 1.67 bits per heavy atom. The molecule has 0 N–H and O–H groups in total. The predicted molar refractivity (Wildman–Crippen MR) is 103 cm³/mol. The summed E-state index contributed by atoms with van der Waals surface area (Å²) in [5.41, 5.74) is 1.67. The zero-order valence-corrected chi connectivity index (χ0v) is 15.6. The minimum absolute atomic E-state index is 0.0344. The summed E-state index contributed by atoms with van der Waals surface area (Å²) in [6, 6.07) is 15.6. The molecule has 1 heterocycles. The number of ketones is 1. The number of benzene rings is 2. The van der Waals surface area contributed by atoms with Gasteiger partial charge in [-0.15, -0.1) is 0 Å². The number of carbonyl (C=O) groups is 2. The number of likely N-dealkylation sites (N-methyl/N-ethyl adjacent to an activating group) is 1. The van der Waals surface area contributed by atoms with Crippen molar-refractivity contribution in [2.24, 2.45) is 5.92 Å². The van der Waals surface area contributed by atoms with Gasteiger partial charge in [0.2, 0.25) is 5.91 Å². The Bertz CT molecular complexity index is 769. The second kappa shape index (κ2) is 8.91. The number of amides is 1. The van der Waals surface area contributed by atoms with Gasteiger partial charge in [0, 0.05) is 25.1 Å². The third-order valence-corrected chi connectivity index (χ3v) is 5.13. The Hall–Kier alpha value is -2.53. The fraction of sp³-hybridized carbons (Fsp3) is 0.364. The van der Waals surface area contributed by atoms with E-state index in [1.165, 1.54) is 12.1 Å². The van der Waals surface area contributed by atoms with Crippen molar-refractivity contribution in [2.45, 2.75) is 19.4 Å². The predicted octanol–water partition coefficient (Wildman–Crippen LogP) is 3.38. The molecule has 142 valence electrons. The molecule has 0 atom stereocenters. The van der Waals surface area contributed by atoms with E-state index in [-0.39, 0.29) is 23.4 Å². The summed E-state index contributed by atoms with van der Waals surface area (Å²) in [5, 5.41) is 0. The number of nitrogens with zero attached hydrogens (tertiary/aromatic N) is 2. The van der Waals surface area contributed by atoms with Crippen LogP contribution >= 0.6 is 0 Å². The SMILES string of the molecule is CN(Cc1ccc(F)cc1)C(=O)CN1CCC(C(=O)c2ccccc2)CC1. The normalized spacial score (nSPS) is 15.5. The molecular formula is C22H25FN2O2. The van der Waals surface area contributed by atoms with Gasteiger partial charge in [0.15, 0.2) is 5.78 Å². The number of hydrogen-bond acceptors (Lipinski definition) is 3. The highest BCUT2D eigenvalue weighted by Gasteiger charge is 2.27. The first-order valence-electron chi connectivity index (χ1n) is 9.33. The molecule has 0 aliphatic carbocycles. The highest BCUT2D eigenvalue weighted by molar-refractivity contribution is 5.97. The molecule has 2 aromatic carbocycles. The van der Waals surface area contributed by atoms with E-state index in [9.17, 15) is 14.0 Å². The lowest BCUT2D eigenvalue weighted by atomic mass is 9.89. The molecular weight excluding hydrogens is 343 g/mol. The Morgan fingerprint density at radius 1 is 1.04 bits per heavy atom. The van der Waals surface area contributed by atoms with Gasteiger partial charge in [-0.3, -0.25) is 14.5 Å². The first-order chi connectivity index (χ1) is 13.0. The lowest BCUT2D eigenvalue weighted by molar-refractivity contribution is -0.131. The summed E-state index contributed by atoms with van der Waals surface area (Å²) < 4.78 is 13.0. The van der Waals surface area contributed by atoms with Crippen molar-refractivity contribution in [3.8, 4) is 0 Å². The maximum absolute atomic E-state index is 13.0. The number of carbonyl (C=O) groups excluding carboxylic acids is 2. The van der Waals surface area contributed by atoms with Gasteiger partial charge in [-0.2, -0.15) is 0 Å². The maximum atomic E-state index is 13.0. The summed E-state index contributed by atoms with van der Waals surface area (Å²) in [6.45, 7) is 2.31. The van der Waals surface area contributed by atoms with Crippen LogP contribution < -0.4 is 0 Å². The third-order valence-electron chi connectivity index (χ3n) is 5.13. The Kier molecular flexibility index (Phi) is 6.35. The van der Waals surface area contributed by atoms with Gasteiger partial charge in [0.05, 0.1) is 6.54 Å². The zero-order valence-electron chi connectivity index (χ0n) is 15.6. The first-order valence-corrected chi connectivity index (χ1v) is 9.33. The average Bonchev–Trinajstić information content (AvgIpc) is 2.70. The highest BCUT2D eigenvalue weighted by atomic mass is 19.1. The van der Waals surface area contributed by atoms with E-state index in [1.54, 1.807) is 24.1 Å². The number of rotatable bonds is 6. The van der Waals surface area contributed by atoms with E-state index < -0.39 is 0 Å². The quantitative estimate of drug-likeness (QED) is 0.734. The van der Waals surface area contributed by atoms with Crippen molar-refractivity contribution in [3.63, 3.8) is 0 Å². The summed E-state index contributed by atoms with van der Waals surface area (Å²) in [4.78, 5) is 28.8. The molecule has 4 nitrogen and oxygen atoms in total. The number of likely N-dealkylation sites (tertiary alicyclic amines) is 1. The van der Waals surface area contributed by atoms with E-state index >= 15 is 0 Å². The summed E-state index contributed by atoms with van der Waals surface area (Å²) in [7, 11) is 1.76. The topological polar surface area (TPSA) is 40.6 Å². The van der Waals surface area contributed by atoms with Gasteiger partial charge in [-0.1, -0.05) is 42.5 Å². The molecule has 1 aliphatic heterocycles. The van der Waals surface area contributed by atoms with Gasteiger partial charge in [0.25, 0.3) is 0 Å². The molecule has 5 heteroatoms. The van der Waals surface area contributed by atoms with Crippen LogP contribution in [-0.4, -0.2) is 48.2 Å². The van der Waals surface area contributed by atoms with Crippen molar-refractivity contribution >= 4 is 11.7 Å². The van der Waals surface area contributed by atoms with Crippen LogP contribution in [0.5, 0.6) is 0 Å². The number of halogens is 1. The van der Waals surface area contributed by atoms with Crippen molar-refractivity contribution in [2.75, 3.05) is 26.7 Å². The molecule has 0 bridgehead atoms. The van der Waals surface area contributed by atoms with Gasteiger partial charge in [-0.05, 0) is 43.6 Å². The molecule has 1 fully saturated rings. The van der Waals surface area contributed by atoms with Gasteiger partial charge >= 0.3 is 0 Å². The van der Waals surface area contributed by atoms with E-state index in [0.29, 0.717) is 13.1 Å². The second-order valence-electron chi connectivity index (χ2n) is 7.16. The van der Waals surface area contributed by atoms with Gasteiger partial charge in [0.1, 0.15) is 5.82 Å². The number of hydrogen-bond donors (Lipinski definition) is 0. The van der Waals surface area contributed by atoms with Crippen LogP contribution in [0.1, 0.15) is 28.8 Å². The standard InChI is InChI=1S/C22H25FN2O2/c1-24(15-17-7-9-20(23)10-8-17)21(26)16-25-13-11-19(12-14-25)22(27)18-5-3-2-4-6-18/h2-10,19H,11-16H2,1H3. The Labute approximate surface area is 159 Å². The minimum Gasteiger partial charge on any atom is -0.340 e. The first kappa shape index (κ1) is 19.2. The molecule has 2 aromatic rings. The smallest absolute Gasteiger partial charge is 0.236 e. The minimum atomic E-state index is -0.277. The third kappa shape index (κ3) is 5.23. The van der Waals surface area contributed by atoms with Crippen molar-refractivity contribution in [1.29, 1.82) is 0 Å². The van der Waals surface area contributed by atoms with Crippen LogP contribution in [0, 0.1) is 11.7 Å². The van der Waals surface area contributed by atoms with E-state index in [2.05, 4.69) is 4.90 Å². The highest BCUT2D eigenvalue weighted by Crippen LogP contribution is 2.21. The van der Waals surface area contributed by atoms with Crippen molar-refractivity contribution in [1.82, 2.24) is 9.80 Å². The fourth-order valence-electron chi connectivity index (χ4n) is 3.46. The molecule has 1 amide bonds. The second-order valence-corrected chi connectivity index (χ2v) is 7.16. The lowest BCUT2D eigenvalue weighted by Crippen LogP contribution is -2.43. The molecule has 3 rings (SSSR count). The molecule has 1 aliphatic rings. The van der Waals surface area contributed by atoms with Crippen LogP contribution in [0.2, 0.25) is 0 Å². The molecule has 0 spiro atoms. The summed E-state index contributed by atoms with van der Waals surface area (Å²) in [5.74, 6) is -0.00138. The van der Waals surface area contributed by atoms with Crippen LogP contribution in [0.3, 0.4) is 0 Å². The molecule has 0 radical (unpaired) electrons. The van der Waals surface area contributed by atoms with Gasteiger partial charge < -0.3 is 4.90 Å². The fourth-order valence-corrected chi connectivity index (χ4v) is 3.46. The van der Waals surface area contributed by atoms with Gasteiger partial charge in [-0.25, -0.2) is 4.39 Å². The molecule has 0 aromatic heterocycles. The van der Waals surface area contributed by atoms with Crippen LogP contribution in [-0.2, 0) is 11.3 Å². The van der Waals surface area contributed by atoms with E-state index in [0.717, 1.165) is 37.1 Å². The van der Waals surface area contributed by atoms with Crippen LogP contribution in [0.4, 0.5) is 4.39 Å². The van der Waals surface area contributed by atoms with E-state index in [1.807, 2.05) is 30.3 Å². The monoisotopic (exact) mass is 368 g/mol. The molecule has 27 heavy (non-hydrogen) atoms. The zero-order chi connectivity index (χ0) is 19.2. The lowest BCUT2D eigenvalue weighted by Gasteiger charge is -2.32. The molecule has 0 unspecified atom stereocenters. The largest absolute Gasteiger partial charge is 0.340 e. The van der Waals surface area contributed by atoms with Crippen LogP contribution in [0.15, 0.2) is 54.6 Å². The summed E-state index contributed by atoms with van der Waals surface area (Å²) >= 11 is 0. The van der Waals surface area contributed by atoms with Crippen LogP contribution in [0.25, 0.3) is 0 Å².